The number of hydrogen-bond donors (Lipinski definition) is 1. The topological polar surface area (TPSA) is 62.6 Å². The van der Waals surface area contributed by atoms with E-state index in [1.165, 1.54) is 19.1 Å². The zero-order valence-electron chi connectivity index (χ0n) is 13.8. The molecule has 5 nitrogen and oxygen atoms in total. The van der Waals surface area contributed by atoms with Crippen LogP contribution in [0.5, 0.6) is 0 Å². The van der Waals surface area contributed by atoms with E-state index in [0.717, 1.165) is 31.6 Å². The van der Waals surface area contributed by atoms with Gasteiger partial charge in [-0.3, -0.25) is 9.59 Å². The predicted octanol–water partition coefficient (Wildman–Crippen LogP) is 2.83. The number of carbonyl (C=O) groups is 2. The summed E-state index contributed by atoms with van der Waals surface area (Å²) in [5.41, 5.74) is 0. The van der Waals surface area contributed by atoms with Gasteiger partial charge in [0.2, 0.25) is 5.91 Å². The van der Waals surface area contributed by atoms with Crippen molar-refractivity contribution in [1.29, 1.82) is 0 Å². The summed E-state index contributed by atoms with van der Waals surface area (Å²) >= 11 is 0. The van der Waals surface area contributed by atoms with Gasteiger partial charge in [-0.25, -0.2) is 0 Å². The minimum atomic E-state index is -0.0740. The van der Waals surface area contributed by atoms with Crippen molar-refractivity contribution >= 4 is 11.8 Å². The molecule has 23 heavy (non-hydrogen) atoms. The number of piperidine rings is 1. The number of nitrogens with one attached hydrogen (secondary N) is 1. The first kappa shape index (κ1) is 16.1. The lowest BCUT2D eigenvalue weighted by molar-refractivity contribution is -0.127. The number of furan rings is 1. The first-order chi connectivity index (χ1) is 11.1. The summed E-state index contributed by atoms with van der Waals surface area (Å²) in [6.07, 6.45) is 7.61. The van der Waals surface area contributed by atoms with Crippen molar-refractivity contribution in [3.63, 3.8) is 0 Å². The molecule has 1 N–H and O–H groups in total. The van der Waals surface area contributed by atoms with Crippen LogP contribution in [0, 0.1) is 11.8 Å². The van der Waals surface area contributed by atoms with E-state index in [1.54, 1.807) is 17.0 Å². The molecule has 2 amide bonds. The van der Waals surface area contributed by atoms with Crippen LogP contribution in [0.4, 0.5) is 0 Å². The summed E-state index contributed by atoms with van der Waals surface area (Å²) in [6.45, 7) is 3.53. The number of likely N-dealkylation sites (tertiary alicyclic amines) is 1. The highest BCUT2D eigenvalue weighted by Crippen LogP contribution is 2.25. The van der Waals surface area contributed by atoms with Crippen LogP contribution < -0.4 is 5.32 Å². The summed E-state index contributed by atoms with van der Waals surface area (Å²) in [6, 6.07) is 3.76. The average Bonchev–Trinajstić information content (AvgIpc) is 3.11. The fourth-order valence-corrected chi connectivity index (χ4v) is 3.62. The van der Waals surface area contributed by atoms with E-state index < -0.39 is 0 Å². The van der Waals surface area contributed by atoms with Crippen molar-refractivity contribution in [1.82, 2.24) is 10.2 Å². The Balaban J connectivity index is 1.45. The van der Waals surface area contributed by atoms with E-state index >= 15 is 0 Å². The van der Waals surface area contributed by atoms with Crippen molar-refractivity contribution in [2.75, 3.05) is 13.1 Å². The maximum atomic E-state index is 12.4. The van der Waals surface area contributed by atoms with Crippen LogP contribution in [0.15, 0.2) is 22.8 Å². The predicted molar refractivity (Wildman–Crippen MR) is 86.9 cm³/mol. The van der Waals surface area contributed by atoms with E-state index in [1.807, 2.05) is 0 Å². The highest BCUT2D eigenvalue weighted by atomic mass is 16.3. The monoisotopic (exact) mass is 318 g/mol. The third kappa shape index (κ3) is 3.95. The molecule has 2 aliphatic rings. The molecule has 1 saturated heterocycles. The normalized spacial score (nSPS) is 26.0. The van der Waals surface area contributed by atoms with E-state index in [4.69, 9.17) is 4.42 Å². The molecule has 0 aromatic carbocycles. The Kier molecular flexibility index (Phi) is 5.03. The van der Waals surface area contributed by atoms with E-state index in [0.29, 0.717) is 24.9 Å². The highest BCUT2D eigenvalue weighted by molar-refractivity contribution is 5.91. The van der Waals surface area contributed by atoms with Crippen LogP contribution in [0.3, 0.4) is 0 Å². The Labute approximate surface area is 137 Å². The largest absolute Gasteiger partial charge is 0.459 e. The maximum Gasteiger partial charge on any atom is 0.289 e. The van der Waals surface area contributed by atoms with E-state index in [2.05, 4.69) is 12.2 Å². The summed E-state index contributed by atoms with van der Waals surface area (Å²) in [7, 11) is 0. The molecule has 1 aromatic rings. The maximum absolute atomic E-state index is 12.4. The number of carbonyl (C=O) groups excluding carboxylic acids is 2. The Morgan fingerprint density at radius 3 is 2.43 bits per heavy atom. The minimum absolute atomic E-state index is 0.0370. The second-order valence-electron chi connectivity index (χ2n) is 7.01. The molecule has 2 heterocycles. The van der Waals surface area contributed by atoms with Gasteiger partial charge in [0.25, 0.3) is 5.91 Å². The number of nitrogens with zero attached hydrogens (tertiary/aromatic N) is 1. The van der Waals surface area contributed by atoms with Crippen molar-refractivity contribution in [2.45, 2.75) is 51.5 Å². The van der Waals surface area contributed by atoms with Gasteiger partial charge < -0.3 is 14.6 Å². The SMILES string of the molecule is CC1CCC(NC(=O)C2CCN(C(=O)c3ccco3)CC2)CC1. The van der Waals surface area contributed by atoms with Gasteiger partial charge in [-0.05, 0) is 56.6 Å². The Morgan fingerprint density at radius 2 is 1.83 bits per heavy atom. The molecule has 0 bridgehead atoms. The quantitative estimate of drug-likeness (QED) is 0.932. The molecular formula is C18H26N2O3. The summed E-state index contributed by atoms with van der Waals surface area (Å²) < 4.78 is 5.16. The van der Waals surface area contributed by atoms with Gasteiger partial charge in [-0.15, -0.1) is 0 Å². The number of hydrogen-bond acceptors (Lipinski definition) is 3. The van der Waals surface area contributed by atoms with Crippen molar-refractivity contribution in [2.24, 2.45) is 11.8 Å². The standard InChI is InChI=1S/C18H26N2O3/c1-13-4-6-15(7-5-13)19-17(21)14-8-10-20(11-9-14)18(22)16-3-2-12-23-16/h2-3,12-15H,4-11H2,1H3,(H,19,21). The van der Waals surface area contributed by atoms with Gasteiger partial charge in [0.1, 0.15) is 0 Å². The first-order valence-corrected chi connectivity index (χ1v) is 8.76. The molecule has 1 aliphatic heterocycles. The van der Waals surface area contributed by atoms with Gasteiger partial charge >= 0.3 is 0 Å². The number of rotatable bonds is 3. The Bertz CT molecular complexity index is 524. The van der Waals surface area contributed by atoms with Crippen LogP contribution in [0.25, 0.3) is 0 Å². The van der Waals surface area contributed by atoms with Crippen molar-refractivity contribution in [3.05, 3.63) is 24.2 Å². The summed E-state index contributed by atoms with van der Waals surface area (Å²) in [4.78, 5) is 26.4. The van der Waals surface area contributed by atoms with E-state index in [9.17, 15) is 9.59 Å². The van der Waals surface area contributed by atoms with Crippen LogP contribution in [-0.2, 0) is 4.79 Å². The molecule has 0 unspecified atom stereocenters. The molecule has 2 fully saturated rings. The average molecular weight is 318 g/mol. The van der Waals surface area contributed by atoms with Gasteiger partial charge in [0.05, 0.1) is 6.26 Å². The van der Waals surface area contributed by atoms with Crippen molar-refractivity contribution < 1.29 is 14.0 Å². The fourth-order valence-electron chi connectivity index (χ4n) is 3.62. The molecular weight excluding hydrogens is 292 g/mol. The summed E-state index contributed by atoms with van der Waals surface area (Å²) in [5.74, 6) is 1.31. The van der Waals surface area contributed by atoms with E-state index in [-0.39, 0.29) is 17.7 Å². The smallest absolute Gasteiger partial charge is 0.289 e. The van der Waals surface area contributed by atoms with Crippen LogP contribution in [0.2, 0.25) is 0 Å². The van der Waals surface area contributed by atoms with Crippen LogP contribution in [0.1, 0.15) is 56.0 Å². The molecule has 126 valence electrons. The lowest BCUT2D eigenvalue weighted by Crippen LogP contribution is -2.46. The number of amides is 2. The van der Waals surface area contributed by atoms with Crippen LogP contribution in [-0.4, -0.2) is 35.8 Å². The lowest BCUT2D eigenvalue weighted by Gasteiger charge is -2.33. The molecule has 5 heteroatoms. The molecule has 0 radical (unpaired) electrons. The Hall–Kier alpha value is -1.78. The molecule has 0 atom stereocenters. The summed E-state index contributed by atoms with van der Waals surface area (Å²) in [5, 5.41) is 3.22. The lowest BCUT2D eigenvalue weighted by atomic mass is 9.86. The van der Waals surface area contributed by atoms with Gasteiger partial charge in [-0.1, -0.05) is 6.92 Å². The molecule has 0 spiro atoms. The van der Waals surface area contributed by atoms with Crippen LogP contribution >= 0.6 is 0 Å². The second kappa shape index (κ2) is 7.20. The third-order valence-corrected chi connectivity index (χ3v) is 5.25. The Morgan fingerprint density at radius 1 is 1.13 bits per heavy atom. The van der Waals surface area contributed by atoms with Gasteiger partial charge in [-0.2, -0.15) is 0 Å². The fraction of sp³-hybridized carbons (Fsp3) is 0.667. The molecule has 1 aliphatic carbocycles. The zero-order valence-corrected chi connectivity index (χ0v) is 13.8. The third-order valence-electron chi connectivity index (χ3n) is 5.25. The molecule has 1 aromatic heterocycles. The van der Waals surface area contributed by atoms with Crippen molar-refractivity contribution in [3.8, 4) is 0 Å². The molecule has 1 saturated carbocycles. The second-order valence-corrected chi connectivity index (χ2v) is 7.01. The first-order valence-electron chi connectivity index (χ1n) is 8.76. The highest BCUT2D eigenvalue weighted by Gasteiger charge is 2.30. The van der Waals surface area contributed by atoms with Gasteiger partial charge in [0.15, 0.2) is 5.76 Å². The minimum Gasteiger partial charge on any atom is -0.459 e. The van der Waals surface area contributed by atoms with Gasteiger partial charge in [0, 0.05) is 25.0 Å². The zero-order chi connectivity index (χ0) is 16.2. The molecule has 3 rings (SSSR count).